The maximum absolute atomic E-state index is 10.3. The van der Waals surface area contributed by atoms with E-state index < -0.39 is 5.97 Å². The average molecular weight is 260 g/mol. The van der Waals surface area contributed by atoms with Gasteiger partial charge in [0.2, 0.25) is 0 Å². The van der Waals surface area contributed by atoms with E-state index in [1.807, 2.05) is 0 Å². The summed E-state index contributed by atoms with van der Waals surface area (Å²) in [5.74, 6) is -1.11. The predicted octanol–water partition coefficient (Wildman–Crippen LogP) is -0.221. The zero-order chi connectivity index (χ0) is 8.15. The SMILES string of the molecule is CC(C(=O)O)C([TeH])CCO. The van der Waals surface area contributed by atoms with Crippen LogP contribution in [0, 0.1) is 5.92 Å². The van der Waals surface area contributed by atoms with Gasteiger partial charge in [-0.05, 0) is 0 Å². The van der Waals surface area contributed by atoms with Crippen LogP contribution < -0.4 is 0 Å². The summed E-state index contributed by atoms with van der Waals surface area (Å²) in [5, 5.41) is 17.0. The van der Waals surface area contributed by atoms with Gasteiger partial charge in [0.25, 0.3) is 0 Å². The van der Waals surface area contributed by atoms with Crippen LogP contribution >= 0.6 is 0 Å². The summed E-state index contributed by atoms with van der Waals surface area (Å²) in [4.78, 5) is 10.3. The van der Waals surface area contributed by atoms with Gasteiger partial charge in [-0.25, -0.2) is 0 Å². The van der Waals surface area contributed by atoms with Crippen molar-refractivity contribution in [2.24, 2.45) is 5.92 Å². The van der Waals surface area contributed by atoms with Gasteiger partial charge in [-0.3, -0.25) is 0 Å². The van der Waals surface area contributed by atoms with Gasteiger partial charge in [0.05, 0.1) is 0 Å². The van der Waals surface area contributed by atoms with Crippen molar-refractivity contribution in [3.8, 4) is 0 Å². The average Bonchev–Trinajstić information content (AvgIpc) is 1.87. The van der Waals surface area contributed by atoms with Crippen molar-refractivity contribution < 1.29 is 15.0 Å². The van der Waals surface area contributed by atoms with Crippen LogP contribution in [-0.4, -0.2) is 45.1 Å². The third-order valence-electron chi connectivity index (χ3n) is 1.39. The first kappa shape index (κ1) is 10.2. The molecule has 0 amide bonds. The fourth-order valence-corrected chi connectivity index (χ4v) is 1.24. The Balaban J connectivity index is 3.69. The first-order chi connectivity index (χ1) is 4.59. The minimum absolute atomic E-state index is 0.0807. The van der Waals surface area contributed by atoms with Gasteiger partial charge in [0.1, 0.15) is 0 Å². The summed E-state index contributed by atoms with van der Waals surface area (Å²) in [7, 11) is 0. The maximum atomic E-state index is 10.3. The van der Waals surface area contributed by atoms with E-state index in [0.717, 1.165) is 0 Å². The molecule has 4 heteroatoms. The Labute approximate surface area is 73.3 Å². The molecular weight excluding hydrogens is 248 g/mol. The van der Waals surface area contributed by atoms with Crippen LogP contribution in [-0.2, 0) is 4.79 Å². The molecule has 0 saturated carbocycles. The van der Waals surface area contributed by atoms with E-state index in [4.69, 9.17) is 10.2 Å². The molecule has 0 heterocycles. The molecule has 0 radical (unpaired) electrons. The van der Waals surface area contributed by atoms with E-state index in [-0.39, 0.29) is 16.5 Å². The first-order valence-electron chi connectivity index (χ1n) is 3.11. The number of hydrogen-bond acceptors (Lipinski definition) is 2. The van der Waals surface area contributed by atoms with Crippen LogP contribution in [0.1, 0.15) is 13.3 Å². The molecule has 0 aliphatic rings. The van der Waals surface area contributed by atoms with Crippen molar-refractivity contribution in [3.05, 3.63) is 0 Å². The van der Waals surface area contributed by atoms with E-state index in [0.29, 0.717) is 6.42 Å². The van der Waals surface area contributed by atoms with Crippen molar-refractivity contribution in [1.82, 2.24) is 0 Å². The van der Waals surface area contributed by atoms with Gasteiger partial charge in [-0.2, -0.15) is 0 Å². The number of aliphatic carboxylic acids is 1. The summed E-state index contributed by atoms with van der Waals surface area (Å²) >= 11 is 1.47. The normalized spacial score (nSPS) is 16.3. The first-order valence-corrected chi connectivity index (χ1v) is 4.58. The number of carbonyl (C=O) groups is 1. The molecule has 2 atom stereocenters. The van der Waals surface area contributed by atoms with Gasteiger partial charge >= 0.3 is 73.1 Å². The van der Waals surface area contributed by atoms with E-state index in [2.05, 4.69) is 0 Å². The molecule has 0 aliphatic heterocycles. The molecule has 0 rings (SSSR count). The summed E-state index contributed by atoms with van der Waals surface area (Å²) in [6, 6.07) is 0. The van der Waals surface area contributed by atoms with Crippen LogP contribution in [0.25, 0.3) is 0 Å². The molecular formula is C6H12O3Te. The van der Waals surface area contributed by atoms with Gasteiger partial charge < -0.3 is 0 Å². The second-order valence-electron chi connectivity index (χ2n) is 2.21. The fourth-order valence-electron chi connectivity index (χ4n) is 0.547. The van der Waals surface area contributed by atoms with Crippen molar-refractivity contribution in [3.63, 3.8) is 0 Å². The molecule has 10 heavy (non-hydrogen) atoms. The molecule has 2 N–H and O–H groups in total. The Morgan fingerprint density at radius 2 is 2.20 bits per heavy atom. The van der Waals surface area contributed by atoms with Crippen LogP contribution in [0.5, 0.6) is 0 Å². The minimum atomic E-state index is -0.778. The predicted molar refractivity (Wildman–Crippen MR) is 39.4 cm³/mol. The van der Waals surface area contributed by atoms with Gasteiger partial charge in [-0.15, -0.1) is 0 Å². The number of carboxylic acids is 1. The molecule has 2 unspecified atom stereocenters. The van der Waals surface area contributed by atoms with Crippen molar-refractivity contribution in [2.45, 2.75) is 17.3 Å². The number of aliphatic hydroxyl groups is 1. The quantitative estimate of drug-likeness (QED) is 0.687. The Kier molecular flexibility index (Phi) is 5.06. The number of carboxylic acid groups (broad SMARTS) is 1. The van der Waals surface area contributed by atoms with E-state index >= 15 is 0 Å². The second-order valence-corrected chi connectivity index (χ2v) is 4.10. The van der Waals surface area contributed by atoms with Crippen LogP contribution in [0.15, 0.2) is 0 Å². The Bertz CT molecular complexity index is 116. The molecule has 3 nitrogen and oxygen atoms in total. The molecule has 0 aliphatic carbocycles. The van der Waals surface area contributed by atoms with Crippen molar-refractivity contribution in [1.29, 1.82) is 0 Å². The summed E-state index contributed by atoms with van der Waals surface area (Å²) < 4.78 is 0.108. The Morgan fingerprint density at radius 3 is 2.50 bits per heavy atom. The van der Waals surface area contributed by atoms with Gasteiger partial charge in [-0.1, -0.05) is 0 Å². The molecule has 0 spiro atoms. The summed E-state index contributed by atoms with van der Waals surface area (Å²) in [6.45, 7) is 1.75. The third kappa shape index (κ3) is 3.40. The summed E-state index contributed by atoms with van der Waals surface area (Å²) in [6.07, 6.45) is 0.585. The topological polar surface area (TPSA) is 57.5 Å². The Morgan fingerprint density at radius 1 is 1.70 bits per heavy atom. The summed E-state index contributed by atoms with van der Waals surface area (Å²) in [5.41, 5.74) is 0. The van der Waals surface area contributed by atoms with E-state index in [9.17, 15) is 4.79 Å². The van der Waals surface area contributed by atoms with Crippen LogP contribution in [0.4, 0.5) is 0 Å². The van der Waals surface area contributed by atoms with E-state index in [1.54, 1.807) is 6.92 Å². The number of rotatable bonds is 4. The van der Waals surface area contributed by atoms with Crippen molar-refractivity contribution in [2.75, 3.05) is 6.61 Å². The standard InChI is InChI=1S/C6H12O3Te/c1-4(6(8)9)5(10)2-3-7/h4-5,7,10H,2-3H2,1H3,(H,8,9). The molecule has 0 fully saturated rings. The van der Waals surface area contributed by atoms with Gasteiger partial charge in [0.15, 0.2) is 0 Å². The third-order valence-corrected chi connectivity index (χ3v) is 3.40. The monoisotopic (exact) mass is 262 g/mol. The zero-order valence-corrected chi connectivity index (χ0v) is 8.37. The second kappa shape index (κ2) is 4.95. The number of hydrogen-bond donors (Lipinski definition) is 2. The molecule has 0 saturated heterocycles. The van der Waals surface area contributed by atoms with E-state index in [1.165, 1.54) is 22.3 Å². The molecule has 60 valence electrons. The fraction of sp³-hybridized carbons (Fsp3) is 0.833. The van der Waals surface area contributed by atoms with Crippen LogP contribution in [0.3, 0.4) is 0 Å². The van der Waals surface area contributed by atoms with Crippen molar-refractivity contribution >= 4 is 28.3 Å². The van der Waals surface area contributed by atoms with Crippen LogP contribution in [0.2, 0.25) is 3.97 Å². The molecule has 0 aromatic rings. The van der Waals surface area contributed by atoms with Gasteiger partial charge in [0, 0.05) is 0 Å². The molecule has 0 aromatic heterocycles. The molecule has 0 bridgehead atoms. The molecule has 0 aromatic carbocycles. The zero-order valence-electron chi connectivity index (χ0n) is 5.82. The Hall–Kier alpha value is 0.220. The number of aliphatic hydroxyl groups excluding tert-OH is 1.